The Kier molecular flexibility index (Phi) is 4.83. The molecule has 0 saturated carbocycles. The van der Waals surface area contributed by atoms with Gasteiger partial charge in [-0.05, 0) is 18.5 Å². The van der Waals surface area contributed by atoms with Crippen molar-refractivity contribution in [2.75, 3.05) is 32.1 Å². The molecular formula is C16H18ClN7O2S. The zero-order valence-electron chi connectivity index (χ0n) is 14.8. The average Bonchev–Trinajstić information content (AvgIpc) is 3.35. The first kappa shape index (κ1) is 17.9. The van der Waals surface area contributed by atoms with Crippen LogP contribution in [0.1, 0.15) is 17.4 Å². The highest BCUT2D eigenvalue weighted by molar-refractivity contribution is 7.11. The van der Waals surface area contributed by atoms with E-state index >= 15 is 0 Å². The highest BCUT2D eigenvalue weighted by atomic mass is 35.5. The second-order valence-electron chi connectivity index (χ2n) is 6.20. The number of nitrogens with zero attached hydrogens (tertiary/aromatic N) is 6. The molecule has 0 amide bonds. The Hall–Kier alpha value is -2.46. The van der Waals surface area contributed by atoms with E-state index in [0.717, 1.165) is 23.9 Å². The van der Waals surface area contributed by atoms with E-state index in [1.807, 2.05) is 24.5 Å². The molecule has 4 heterocycles. The number of halogens is 1. The van der Waals surface area contributed by atoms with E-state index in [2.05, 4.69) is 29.7 Å². The van der Waals surface area contributed by atoms with Gasteiger partial charge in [-0.15, -0.1) is 0 Å². The molecule has 4 rings (SSSR count). The molecule has 2 atom stereocenters. The van der Waals surface area contributed by atoms with Crippen molar-refractivity contribution >= 4 is 52.0 Å². The van der Waals surface area contributed by atoms with Crippen LogP contribution in [0.2, 0.25) is 5.02 Å². The van der Waals surface area contributed by atoms with Crippen LogP contribution in [0.25, 0.3) is 0 Å². The van der Waals surface area contributed by atoms with E-state index in [9.17, 15) is 4.79 Å². The van der Waals surface area contributed by atoms with Crippen LogP contribution < -0.4 is 5.32 Å². The van der Waals surface area contributed by atoms with E-state index in [4.69, 9.17) is 16.3 Å². The lowest BCUT2D eigenvalue weighted by atomic mass is 10.0. The first-order chi connectivity index (χ1) is 13.1. The molecule has 0 aliphatic carbocycles. The van der Waals surface area contributed by atoms with Crippen LogP contribution in [-0.2, 0) is 4.74 Å². The first-order valence-corrected chi connectivity index (χ1v) is 9.65. The summed E-state index contributed by atoms with van der Waals surface area (Å²) in [6, 6.07) is 0.198. The molecule has 0 fully saturated rings. The average molecular weight is 408 g/mol. The monoisotopic (exact) mass is 407 g/mol. The number of aromatic nitrogens is 1. The van der Waals surface area contributed by atoms with Gasteiger partial charge < -0.3 is 15.0 Å². The Balaban J connectivity index is 1.50. The highest BCUT2D eigenvalue weighted by Crippen LogP contribution is 2.32. The Morgan fingerprint density at radius 1 is 1.52 bits per heavy atom. The van der Waals surface area contributed by atoms with Crippen LogP contribution in [0.5, 0.6) is 0 Å². The smallest absolute Gasteiger partial charge is 0.359 e. The van der Waals surface area contributed by atoms with Gasteiger partial charge in [-0.25, -0.2) is 9.79 Å². The van der Waals surface area contributed by atoms with Gasteiger partial charge in [0.2, 0.25) is 0 Å². The molecule has 9 nitrogen and oxygen atoms in total. The second-order valence-corrected chi connectivity index (χ2v) is 7.35. The minimum Gasteiger partial charge on any atom is -0.461 e. The van der Waals surface area contributed by atoms with Crippen molar-refractivity contribution in [3.8, 4) is 0 Å². The molecule has 0 spiro atoms. The van der Waals surface area contributed by atoms with Crippen LogP contribution >= 0.6 is 23.1 Å². The van der Waals surface area contributed by atoms with Crippen molar-refractivity contribution in [2.45, 2.75) is 13.0 Å². The van der Waals surface area contributed by atoms with Gasteiger partial charge in [0.05, 0.1) is 19.2 Å². The summed E-state index contributed by atoms with van der Waals surface area (Å²) in [5.41, 5.74) is 0.103. The predicted octanol–water partition coefficient (Wildman–Crippen LogP) is 1.90. The molecule has 0 saturated heterocycles. The minimum absolute atomic E-state index is 0.103. The van der Waals surface area contributed by atoms with E-state index < -0.39 is 5.97 Å². The Morgan fingerprint density at radius 2 is 2.37 bits per heavy atom. The molecule has 2 unspecified atom stereocenters. The lowest BCUT2D eigenvalue weighted by molar-refractivity contribution is 0.0521. The molecule has 142 valence electrons. The van der Waals surface area contributed by atoms with Gasteiger partial charge in [-0.3, -0.25) is 10.0 Å². The molecule has 0 aromatic carbocycles. The minimum atomic E-state index is -0.540. The van der Waals surface area contributed by atoms with Crippen molar-refractivity contribution in [3.05, 3.63) is 23.1 Å². The number of amidine groups is 2. The third kappa shape index (κ3) is 3.30. The maximum Gasteiger partial charge on any atom is 0.359 e. The number of hydrazone groups is 1. The molecule has 1 aromatic heterocycles. The number of hydrogen-bond acceptors (Lipinski definition) is 10. The first-order valence-electron chi connectivity index (χ1n) is 8.50. The number of fused-ring (bicyclic) bond motifs is 1. The fourth-order valence-electron chi connectivity index (χ4n) is 3.16. The van der Waals surface area contributed by atoms with E-state index in [1.165, 1.54) is 0 Å². The standard InChI is InChI=1S/C16H18ClN7O2S/c1-3-26-16(25)12-11(17)15(27-22-12)21-13-14-19-7-10(24(14)5-4-18-13)9-6-20-23(2)8-9/h4-6,9-10H,3,7-8H2,1-2H3,(H,18,21). The number of rotatable bonds is 4. The van der Waals surface area contributed by atoms with E-state index in [0.29, 0.717) is 23.3 Å². The number of ether oxygens (including phenoxy) is 1. The number of esters is 1. The fraction of sp³-hybridized carbons (Fsp3) is 0.438. The lowest BCUT2D eigenvalue weighted by Gasteiger charge is -2.29. The SMILES string of the molecule is CCOC(=O)c1nsc(NC2=NC=CN3C2=NCC3C2C=NN(C)C2)c1Cl. The van der Waals surface area contributed by atoms with E-state index in [-0.39, 0.29) is 23.4 Å². The van der Waals surface area contributed by atoms with Crippen molar-refractivity contribution in [1.82, 2.24) is 14.3 Å². The zero-order chi connectivity index (χ0) is 19.0. The third-order valence-corrected chi connectivity index (χ3v) is 5.68. The van der Waals surface area contributed by atoms with Gasteiger partial charge in [0, 0.05) is 38.1 Å². The molecule has 11 heteroatoms. The van der Waals surface area contributed by atoms with Crippen molar-refractivity contribution in [3.63, 3.8) is 0 Å². The number of hydrogen-bond donors (Lipinski definition) is 1. The second kappa shape index (κ2) is 7.28. The predicted molar refractivity (Wildman–Crippen MR) is 106 cm³/mol. The van der Waals surface area contributed by atoms with Crippen LogP contribution in [0.3, 0.4) is 0 Å². The van der Waals surface area contributed by atoms with Crippen molar-refractivity contribution < 1.29 is 9.53 Å². The van der Waals surface area contributed by atoms with Crippen LogP contribution in [0.15, 0.2) is 27.5 Å². The summed E-state index contributed by atoms with van der Waals surface area (Å²) in [4.78, 5) is 23.0. The number of nitrogens with one attached hydrogen (secondary N) is 1. The lowest BCUT2D eigenvalue weighted by Crippen LogP contribution is -2.44. The zero-order valence-corrected chi connectivity index (χ0v) is 16.4. The van der Waals surface area contributed by atoms with Gasteiger partial charge in [-0.2, -0.15) is 9.47 Å². The summed E-state index contributed by atoms with van der Waals surface area (Å²) < 4.78 is 9.06. The number of anilines is 1. The summed E-state index contributed by atoms with van der Waals surface area (Å²) in [6.45, 7) is 3.52. The maximum atomic E-state index is 11.9. The topological polar surface area (TPSA) is 94.8 Å². The molecule has 1 aromatic rings. The summed E-state index contributed by atoms with van der Waals surface area (Å²) in [5.74, 6) is 1.07. The number of aliphatic imine (C=N–C) groups is 2. The van der Waals surface area contributed by atoms with Gasteiger partial charge in [0.25, 0.3) is 0 Å². The highest BCUT2D eigenvalue weighted by Gasteiger charge is 2.37. The molecule has 3 aliphatic rings. The molecular weight excluding hydrogens is 390 g/mol. The molecule has 0 radical (unpaired) electrons. The quantitative estimate of drug-likeness (QED) is 0.766. The van der Waals surface area contributed by atoms with E-state index in [1.54, 1.807) is 13.1 Å². The van der Waals surface area contributed by atoms with Gasteiger partial charge in [0.1, 0.15) is 10.0 Å². The van der Waals surface area contributed by atoms with Crippen LogP contribution in [0.4, 0.5) is 5.00 Å². The molecule has 0 bridgehead atoms. The summed E-state index contributed by atoms with van der Waals surface area (Å²) in [5, 5.41) is 10.2. The summed E-state index contributed by atoms with van der Waals surface area (Å²) >= 11 is 7.38. The van der Waals surface area contributed by atoms with Gasteiger partial charge >= 0.3 is 5.97 Å². The largest absolute Gasteiger partial charge is 0.461 e. The number of carbonyl (C=O) groups excluding carboxylic acids is 1. The maximum absolute atomic E-state index is 11.9. The van der Waals surface area contributed by atoms with Gasteiger partial charge in [0.15, 0.2) is 17.4 Å². The molecule has 27 heavy (non-hydrogen) atoms. The molecule has 3 aliphatic heterocycles. The Bertz CT molecular complexity index is 878. The van der Waals surface area contributed by atoms with Crippen LogP contribution in [-0.4, -0.2) is 70.9 Å². The summed E-state index contributed by atoms with van der Waals surface area (Å²) in [6.07, 6.45) is 5.62. The van der Waals surface area contributed by atoms with Crippen molar-refractivity contribution in [2.24, 2.45) is 21.0 Å². The van der Waals surface area contributed by atoms with Crippen molar-refractivity contribution in [1.29, 1.82) is 0 Å². The molecule has 1 N–H and O–H groups in total. The Morgan fingerprint density at radius 3 is 3.11 bits per heavy atom. The Labute approximate surface area is 165 Å². The van der Waals surface area contributed by atoms with Gasteiger partial charge in [-0.1, -0.05) is 11.6 Å². The number of carbonyl (C=O) groups is 1. The fourth-order valence-corrected chi connectivity index (χ4v) is 4.15. The summed E-state index contributed by atoms with van der Waals surface area (Å²) in [7, 11) is 1.96. The van der Waals surface area contributed by atoms with Crippen LogP contribution in [0, 0.1) is 5.92 Å². The normalized spacial score (nSPS) is 23.4. The third-order valence-electron chi connectivity index (χ3n) is 4.43.